The largest absolute Gasteiger partial charge is 1.00 e. The van der Waals surface area contributed by atoms with E-state index in [-0.39, 0.29) is 41.8 Å². The van der Waals surface area contributed by atoms with Crippen LogP contribution < -0.4 is 17.0 Å². The zero-order valence-electron chi connectivity index (χ0n) is 14.9. The lowest BCUT2D eigenvalue weighted by atomic mass is 9.95. The Morgan fingerprint density at radius 2 is 2.04 bits per heavy atom. The van der Waals surface area contributed by atoms with Gasteiger partial charge in [0, 0.05) is 19.3 Å². The number of aliphatic hydroxyl groups is 2. The summed E-state index contributed by atoms with van der Waals surface area (Å²) in [5, 5.41) is 20.0. The van der Waals surface area contributed by atoms with Gasteiger partial charge in [-0.25, -0.2) is 0 Å². The van der Waals surface area contributed by atoms with Crippen molar-refractivity contribution in [3.63, 3.8) is 0 Å². The lowest BCUT2D eigenvalue weighted by molar-refractivity contribution is -0.944. The Morgan fingerprint density at radius 3 is 2.62 bits per heavy atom. The van der Waals surface area contributed by atoms with Crippen molar-refractivity contribution < 1.29 is 41.2 Å². The fourth-order valence-corrected chi connectivity index (χ4v) is 4.53. The number of hydrogen-bond donors (Lipinski definition) is 2. The van der Waals surface area contributed by atoms with Crippen molar-refractivity contribution >= 4 is 5.97 Å². The number of hydrogen-bond acceptors (Lipinski definition) is 4. The number of halogens is 1. The number of carbonyl (C=O) groups is 1. The standard InChI is InChI=1S/C20H26NO4.BrH/c1-3-9-21(2)15-10-16(12-18(21)19(23)11-15)25-20(24)17(13-22)14-7-5-4-6-8-14;/h1,4-8,15-19,22-23H,9-13H2,2H3;1H/q+1;/p-1/t15-,16?,17?,18+,19?,21?;/m1./s1. The Labute approximate surface area is 165 Å². The molecule has 2 heterocycles. The van der Waals surface area contributed by atoms with Gasteiger partial charge in [0.25, 0.3) is 0 Å². The first-order valence-corrected chi connectivity index (χ1v) is 8.82. The highest BCUT2D eigenvalue weighted by Crippen LogP contribution is 2.42. The monoisotopic (exact) mass is 423 g/mol. The maximum absolute atomic E-state index is 12.6. The van der Waals surface area contributed by atoms with Crippen LogP contribution in [0.3, 0.4) is 0 Å². The van der Waals surface area contributed by atoms with E-state index in [9.17, 15) is 15.0 Å². The fraction of sp³-hybridized carbons (Fsp3) is 0.550. The van der Waals surface area contributed by atoms with Gasteiger partial charge in [-0.3, -0.25) is 4.79 Å². The van der Waals surface area contributed by atoms with E-state index in [1.54, 1.807) is 0 Å². The second kappa shape index (κ2) is 8.53. The van der Waals surface area contributed by atoms with Gasteiger partial charge in [-0.1, -0.05) is 30.3 Å². The highest BCUT2D eigenvalue weighted by molar-refractivity contribution is 5.78. The number of terminal acetylenes is 1. The first-order chi connectivity index (χ1) is 12.0. The predicted octanol–water partition coefficient (Wildman–Crippen LogP) is -1.95. The number of piperidine rings is 1. The zero-order valence-corrected chi connectivity index (χ0v) is 16.5. The van der Waals surface area contributed by atoms with Gasteiger partial charge in [0.1, 0.15) is 30.7 Å². The molecule has 142 valence electrons. The molecule has 2 aliphatic rings. The summed E-state index contributed by atoms with van der Waals surface area (Å²) in [6, 6.07) is 9.38. The first-order valence-electron chi connectivity index (χ1n) is 8.82. The van der Waals surface area contributed by atoms with Crippen LogP contribution in [0, 0.1) is 12.3 Å². The van der Waals surface area contributed by atoms with E-state index in [0.717, 1.165) is 5.56 Å². The van der Waals surface area contributed by atoms with Gasteiger partial charge < -0.3 is 36.4 Å². The number of rotatable bonds is 5. The average molecular weight is 424 g/mol. The minimum absolute atomic E-state index is 0. The third-order valence-corrected chi connectivity index (χ3v) is 5.97. The fourth-order valence-electron chi connectivity index (χ4n) is 4.53. The van der Waals surface area contributed by atoms with Crippen molar-refractivity contribution in [2.75, 3.05) is 20.2 Å². The summed E-state index contributed by atoms with van der Waals surface area (Å²) in [4.78, 5) is 12.6. The van der Waals surface area contributed by atoms with Crippen LogP contribution in [0.25, 0.3) is 0 Å². The van der Waals surface area contributed by atoms with E-state index >= 15 is 0 Å². The van der Waals surface area contributed by atoms with E-state index in [0.29, 0.717) is 30.3 Å². The Balaban J connectivity index is 0.00000243. The number of carbonyl (C=O) groups excluding carboxylic acids is 1. The van der Waals surface area contributed by atoms with E-state index < -0.39 is 18.0 Å². The molecule has 2 fully saturated rings. The molecule has 5 nitrogen and oxygen atoms in total. The van der Waals surface area contributed by atoms with E-state index in [4.69, 9.17) is 11.2 Å². The molecule has 0 spiro atoms. The Bertz CT molecular complexity index is 662. The van der Waals surface area contributed by atoms with Crippen LogP contribution in [0.4, 0.5) is 0 Å². The Morgan fingerprint density at radius 1 is 1.35 bits per heavy atom. The number of quaternary nitrogens is 1. The molecule has 2 aliphatic heterocycles. The molecule has 0 radical (unpaired) electrons. The lowest BCUT2D eigenvalue weighted by Gasteiger charge is -2.45. The van der Waals surface area contributed by atoms with Gasteiger partial charge in [-0.05, 0) is 11.5 Å². The molecule has 3 rings (SSSR count). The highest BCUT2D eigenvalue weighted by Gasteiger charge is 2.56. The van der Waals surface area contributed by atoms with Crippen LogP contribution >= 0.6 is 0 Å². The normalized spacial score (nSPS) is 33.6. The van der Waals surface area contributed by atoms with E-state index in [2.05, 4.69) is 13.0 Å². The summed E-state index contributed by atoms with van der Waals surface area (Å²) in [5.41, 5.74) is 0.752. The van der Waals surface area contributed by atoms with Crippen LogP contribution in [-0.4, -0.2) is 65.2 Å². The summed E-state index contributed by atoms with van der Waals surface area (Å²) in [5.74, 6) is 1.65. The number of fused-ring (bicyclic) bond motifs is 2. The number of likely N-dealkylation sites (N-methyl/N-ethyl adjacent to an activating group) is 1. The Kier molecular flexibility index (Phi) is 6.86. The summed E-state index contributed by atoms with van der Waals surface area (Å²) in [6.45, 7) is 0.298. The van der Waals surface area contributed by atoms with Gasteiger partial charge in [0.05, 0.1) is 19.7 Å². The molecule has 1 aromatic carbocycles. The summed E-state index contributed by atoms with van der Waals surface area (Å²) in [7, 11) is 2.09. The van der Waals surface area contributed by atoms with Gasteiger partial charge >= 0.3 is 5.97 Å². The molecule has 0 aromatic heterocycles. The van der Waals surface area contributed by atoms with Gasteiger partial charge in [-0.15, -0.1) is 6.42 Å². The molecule has 2 N–H and O–H groups in total. The smallest absolute Gasteiger partial charge is 0.316 e. The van der Waals surface area contributed by atoms with Crippen molar-refractivity contribution in [3.05, 3.63) is 35.9 Å². The Hall–Kier alpha value is -1.39. The van der Waals surface area contributed by atoms with Crippen LogP contribution in [0.15, 0.2) is 30.3 Å². The molecular formula is C20H26BrNO4. The number of benzene rings is 1. The molecule has 1 aromatic rings. The van der Waals surface area contributed by atoms with Gasteiger partial charge in [0.15, 0.2) is 0 Å². The van der Waals surface area contributed by atoms with Crippen LogP contribution in [0.5, 0.6) is 0 Å². The number of nitrogens with zero attached hydrogens (tertiary/aromatic N) is 1. The molecule has 6 heteroatoms. The van der Waals surface area contributed by atoms with E-state index in [1.165, 1.54) is 0 Å². The second-order valence-electron chi connectivity index (χ2n) is 7.41. The molecule has 0 amide bonds. The van der Waals surface area contributed by atoms with Gasteiger partial charge in [0.2, 0.25) is 0 Å². The number of ether oxygens (including phenoxy) is 1. The molecule has 26 heavy (non-hydrogen) atoms. The summed E-state index contributed by atoms with van der Waals surface area (Å²) in [6.07, 6.45) is 6.87. The van der Waals surface area contributed by atoms with Crippen molar-refractivity contribution in [2.24, 2.45) is 0 Å². The van der Waals surface area contributed by atoms with E-state index in [1.807, 2.05) is 30.3 Å². The minimum atomic E-state index is -0.669. The molecule has 0 aliphatic carbocycles. The third kappa shape index (κ3) is 3.81. The molecule has 4 unspecified atom stereocenters. The SMILES string of the molecule is C#CC[N+]1(C)[C@@H]2CC(OC(=O)C(CO)c3ccccc3)C[C@H]1C(O)C2.[Br-]. The van der Waals surface area contributed by atoms with Crippen LogP contribution in [0.1, 0.15) is 30.7 Å². The third-order valence-electron chi connectivity index (χ3n) is 5.97. The van der Waals surface area contributed by atoms with Crippen LogP contribution in [0.2, 0.25) is 0 Å². The molecule has 0 saturated carbocycles. The number of aliphatic hydroxyl groups excluding tert-OH is 2. The van der Waals surface area contributed by atoms with Crippen molar-refractivity contribution in [2.45, 2.75) is 49.5 Å². The van der Waals surface area contributed by atoms with Crippen LogP contribution in [-0.2, 0) is 9.53 Å². The summed E-state index contributed by atoms with van der Waals surface area (Å²) >= 11 is 0. The van der Waals surface area contributed by atoms with Crippen molar-refractivity contribution in [1.82, 2.24) is 0 Å². The first kappa shape index (κ1) is 20.9. The highest BCUT2D eigenvalue weighted by atomic mass is 79.9. The molecular weight excluding hydrogens is 398 g/mol. The maximum atomic E-state index is 12.6. The predicted molar refractivity (Wildman–Crippen MR) is 93.5 cm³/mol. The van der Waals surface area contributed by atoms with Crippen molar-refractivity contribution in [1.29, 1.82) is 0 Å². The summed E-state index contributed by atoms with van der Waals surface area (Å²) < 4.78 is 6.39. The quantitative estimate of drug-likeness (QED) is 0.328. The second-order valence-corrected chi connectivity index (χ2v) is 7.41. The minimum Gasteiger partial charge on any atom is -1.00 e. The van der Waals surface area contributed by atoms with Crippen molar-refractivity contribution in [3.8, 4) is 12.3 Å². The zero-order chi connectivity index (χ0) is 18.0. The molecule has 2 bridgehead atoms. The lowest BCUT2D eigenvalue weighted by Crippen LogP contribution is -3.00. The molecule has 2 saturated heterocycles. The topological polar surface area (TPSA) is 66.8 Å². The van der Waals surface area contributed by atoms with Gasteiger partial charge in [-0.2, -0.15) is 0 Å². The maximum Gasteiger partial charge on any atom is 0.316 e. The molecule has 6 atom stereocenters. The average Bonchev–Trinajstić information content (AvgIpc) is 2.72. The number of esters is 1.